The molecule has 3 aliphatic rings. The molecular formula is C29H52Cl2O9. The molecule has 2 saturated carbocycles. The monoisotopic (exact) mass is 614 g/mol. The smallest absolute Gasteiger partial charge is 0.306 e. The van der Waals surface area contributed by atoms with Crippen LogP contribution in [0.25, 0.3) is 0 Å². The number of aliphatic hydroxyl groups is 2. The highest BCUT2D eigenvalue weighted by Gasteiger charge is 2.24. The third-order valence-electron chi connectivity index (χ3n) is 6.31. The molecule has 0 aromatic carbocycles. The second kappa shape index (κ2) is 26.8. The van der Waals surface area contributed by atoms with E-state index in [1.807, 2.05) is 0 Å². The van der Waals surface area contributed by atoms with E-state index in [0.717, 1.165) is 58.2 Å². The Morgan fingerprint density at radius 2 is 1.25 bits per heavy atom. The zero-order valence-electron chi connectivity index (χ0n) is 23.5. The lowest BCUT2D eigenvalue weighted by molar-refractivity contribution is -0.152. The molecule has 0 spiro atoms. The van der Waals surface area contributed by atoms with Crippen molar-refractivity contribution in [2.24, 2.45) is 0 Å². The van der Waals surface area contributed by atoms with Gasteiger partial charge in [0.25, 0.3) is 0 Å². The topological polar surface area (TPSA) is 136 Å². The van der Waals surface area contributed by atoms with Gasteiger partial charge in [-0.1, -0.05) is 7.43 Å². The molecule has 0 aromatic heterocycles. The average molecular weight is 616 g/mol. The number of esters is 1. The van der Waals surface area contributed by atoms with Crippen LogP contribution in [0.5, 0.6) is 0 Å². The predicted molar refractivity (Wildman–Crippen MR) is 157 cm³/mol. The summed E-state index contributed by atoms with van der Waals surface area (Å²) < 4.78 is 15.6. The Balaban J connectivity index is 0. The standard InChI is InChI=1S/C13H22O4.C6H12O2.C5H6Cl2O2.C4H8O.CH4/c1-10(14)5-3-8-13(15)17-12-7-4-6-11(9-12)16-2;7-5-2-1-3-6(8)4-5;6-4(8)2-1-3-5(7)9;1-2-4-5-3-1;/h11-12H,3-9H2,1-2H3;5-8H,1-4H2;1-3H2;1-4H2;1H4. The number of carbonyl (C=O) groups is 4. The first kappa shape index (κ1) is 41.0. The minimum atomic E-state index is -0.423. The van der Waals surface area contributed by atoms with Crippen molar-refractivity contribution >= 4 is 45.4 Å². The van der Waals surface area contributed by atoms with Crippen LogP contribution >= 0.6 is 23.2 Å². The summed E-state index contributed by atoms with van der Waals surface area (Å²) in [6.07, 6.45) is 11.7. The summed E-state index contributed by atoms with van der Waals surface area (Å²) in [4.78, 5) is 42.3. The van der Waals surface area contributed by atoms with Gasteiger partial charge < -0.3 is 29.2 Å². The van der Waals surface area contributed by atoms with Crippen molar-refractivity contribution < 1.29 is 43.6 Å². The van der Waals surface area contributed by atoms with Crippen LogP contribution in [0.3, 0.4) is 0 Å². The highest BCUT2D eigenvalue weighted by atomic mass is 35.5. The minimum Gasteiger partial charge on any atom is -0.462 e. The molecule has 3 fully saturated rings. The highest BCUT2D eigenvalue weighted by molar-refractivity contribution is 6.64. The molecule has 40 heavy (non-hydrogen) atoms. The molecule has 3 rings (SSSR count). The lowest BCUT2D eigenvalue weighted by atomic mass is 9.95. The van der Waals surface area contributed by atoms with Crippen LogP contribution in [0.15, 0.2) is 0 Å². The Kier molecular flexibility index (Phi) is 27.5. The number of halogens is 2. The van der Waals surface area contributed by atoms with Crippen molar-refractivity contribution in [2.75, 3.05) is 20.3 Å². The van der Waals surface area contributed by atoms with Gasteiger partial charge in [-0.2, -0.15) is 0 Å². The predicted octanol–water partition coefficient (Wildman–Crippen LogP) is 5.65. The molecule has 4 unspecified atom stereocenters. The van der Waals surface area contributed by atoms with Crippen LogP contribution in [-0.4, -0.2) is 77.2 Å². The van der Waals surface area contributed by atoms with Gasteiger partial charge in [-0.25, -0.2) is 0 Å². The van der Waals surface area contributed by atoms with Gasteiger partial charge in [-0.3, -0.25) is 14.4 Å². The minimum absolute atomic E-state index is 0. The van der Waals surface area contributed by atoms with E-state index in [9.17, 15) is 19.2 Å². The van der Waals surface area contributed by atoms with Crippen molar-refractivity contribution in [1.82, 2.24) is 0 Å². The summed E-state index contributed by atoms with van der Waals surface area (Å²) in [5.41, 5.74) is 0. The van der Waals surface area contributed by atoms with Crippen LogP contribution in [0.4, 0.5) is 0 Å². The lowest BCUT2D eigenvalue weighted by Gasteiger charge is -2.27. The van der Waals surface area contributed by atoms with Crippen LogP contribution in [-0.2, 0) is 33.4 Å². The molecule has 11 heteroatoms. The second-order valence-corrected chi connectivity index (χ2v) is 10.9. The third kappa shape index (κ3) is 27.1. The molecule has 0 aromatic rings. The SMILES string of the molecule is C.C1CCOC1.COC1CCCC(OC(=O)CCCC(C)=O)C1.O=C(Cl)CCCC(=O)Cl.OC1CCCC(O)C1. The summed E-state index contributed by atoms with van der Waals surface area (Å²) in [6, 6.07) is 0. The zero-order valence-corrected chi connectivity index (χ0v) is 25.1. The molecule has 0 radical (unpaired) electrons. The third-order valence-corrected chi connectivity index (χ3v) is 6.69. The number of aliphatic hydroxyl groups excluding tert-OH is 2. The maximum atomic E-state index is 11.5. The Hall–Kier alpha value is -1.10. The van der Waals surface area contributed by atoms with Crippen LogP contribution < -0.4 is 0 Å². The van der Waals surface area contributed by atoms with Gasteiger partial charge in [0.2, 0.25) is 10.5 Å². The number of ether oxygens (including phenoxy) is 3. The fourth-order valence-corrected chi connectivity index (χ4v) is 4.43. The van der Waals surface area contributed by atoms with E-state index in [2.05, 4.69) is 0 Å². The van der Waals surface area contributed by atoms with Crippen molar-refractivity contribution in [3.63, 3.8) is 0 Å². The first-order valence-electron chi connectivity index (χ1n) is 14.1. The molecule has 4 atom stereocenters. The second-order valence-electron chi connectivity index (χ2n) is 10.0. The maximum Gasteiger partial charge on any atom is 0.306 e. The molecule has 1 aliphatic heterocycles. The van der Waals surface area contributed by atoms with E-state index in [0.29, 0.717) is 32.1 Å². The van der Waals surface area contributed by atoms with Gasteiger partial charge in [0.15, 0.2) is 0 Å². The molecular weight excluding hydrogens is 563 g/mol. The number of carbonyl (C=O) groups excluding carboxylic acids is 4. The van der Waals surface area contributed by atoms with E-state index < -0.39 is 10.5 Å². The lowest BCUT2D eigenvalue weighted by Crippen LogP contribution is -2.29. The van der Waals surface area contributed by atoms with E-state index in [1.165, 1.54) is 19.8 Å². The number of methoxy groups -OCH3 is 1. The number of hydrogen-bond acceptors (Lipinski definition) is 9. The number of Topliss-reactive ketones (excluding diaryl/α,β-unsaturated/α-hetero) is 1. The number of ketones is 1. The Bertz CT molecular complexity index is 657. The quantitative estimate of drug-likeness (QED) is 0.236. The van der Waals surface area contributed by atoms with Crippen molar-refractivity contribution in [2.45, 2.75) is 141 Å². The first-order valence-corrected chi connectivity index (χ1v) is 14.8. The summed E-state index contributed by atoms with van der Waals surface area (Å²) in [5, 5.41) is 17.0. The molecule has 0 amide bonds. The van der Waals surface area contributed by atoms with Gasteiger partial charge in [-0.05, 0) is 101 Å². The van der Waals surface area contributed by atoms with E-state index >= 15 is 0 Å². The van der Waals surface area contributed by atoms with Crippen LogP contribution in [0.1, 0.15) is 117 Å². The fraction of sp³-hybridized carbons (Fsp3) is 0.862. The summed E-state index contributed by atoms with van der Waals surface area (Å²) in [7, 11) is 1.70. The van der Waals surface area contributed by atoms with Gasteiger partial charge in [0, 0.05) is 52.4 Å². The van der Waals surface area contributed by atoms with Crippen molar-refractivity contribution in [1.29, 1.82) is 0 Å². The van der Waals surface area contributed by atoms with Crippen molar-refractivity contribution in [3.8, 4) is 0 Å². The van der Waals surface area contributed by atoms with Gasteiger partial charge in [-0.15, -0.1) is 0 Å². The van der Waals surface area contributed by atoms with E-state index in [1.54, 1.807) is 7.11 Å². The molecule has 0 bridgehead atoms. The molecule has 2 aliphatic carbocycles. The molecule has 9 nitrogen and oxygen atoms in total. The summed E-state index contributed by atoms with van der Waals surface area (Å²) >= 11 is 9.94. The first-order chi connectivity index (χ1) is 18.5. The number of hydrogen-bond donors (Lipinski definition) is 2. The van der Waals surface area contributed by atoms with E-state index in [4.69, 9.17) is 47.6 Å². The Morgan fingerprint density at radius 3 is 1.65 bits per heavy atom. The molecule has 2 N–H and O–H groups in total. The molecule has 1 heterocycles. The largest absolute Gasteiger partial charge is 0.462 e. The summed E-state index contributed by atoms with van der Waals surface area (Å²) in [6.45, 7) is 3.54. The fourth-order valence-electron chi connectivity index (χ4n) is 4.17. The Morgan fingerprint density at radius 1 is 0.750 bits per heavy atom. The maximum absolute atomic E-state index is 11.5. The van der Waals surface area contributed by atoms with Crippen molar-refractivity contribution in [3.05, 3.63) is 0 Å². The van der Waals surface area contributed by atoms with E-state index in [-0.39, 0.29) is 56.4 Å². The Labute approximate surface area is 250 Å². The van der Waals surface area contributed by atoms with Crippen LogP contribution in [0.2, 0.25) is 0 Å². The summed E-state index contributed by atoms with van der Waals surface area (Å²) in [5.74, 6) is -0.0667. The molecule has 236 valence electrons. The van der Waals surface area contributed by atoms with Gasteiger partial charge >= 0.3 is 5.97 Å². The molecule has 1 saturated heterocycles. The van der Waals surface area contributed by atoms with Gasteiger partial charge in [0.1, 0.15) is 11.9 Å². The number of rotatable bonds is 10. The van der Waals surface area contributed by atoms with Crippen LogP contribution in [0, 0.1) is 0 Å². The highest BCUT2D eigenvalue weighted by Crippen LogP contribution is 2.23. The zero-order chi connectivity index (χ0) is 29.5. The van der Waals surface area contributed by atoms with Gasteiger partial charge in [0.05, 0.1) is 18.3 Å². The normalized spacial score (nSPS) is 23.4. The average Bonchev–Trinajstić information content (AvgIpc) is 3.45.